The molecule has 0 spiro atoms. The first-order valence-corrected chi connectivity index (χ1v) is 5.86. The molecule has 0 saturated heterocycles. The molecular weight excluding hydrogens is 170 g/mol. The second-order valence-corrected chi connectivity index (χ2v) is 4.93. The van der Waals surface area contributed by atoms with Crippen LogP contribution in [-0.4, -0.2) is 6.04 Å². The molecule has 2 N–H and O–H groups in total. The Morgan fingerprint density at radius 2 is 2.29 bits per heavy atom. The minimum Gasteiger partial charge on any atom is -0.328 e. The summed E-state index contributed by atoms with van der Waals surface area (Å²) in [6, 6.07) is 0.387. The van der Waals surface area contributed by atoms with Gasteiger partial charge in [-0.05, 0) is 50.4 Å². The summed E-state index contributed by atoms with van der Waals surface area (Å²) in [6.45, 7) is 2.11. The molecule has 1 nitrogen and oxygen atoms in total. The Hall–Kier alpha value is -0.560. The van der Waals surface area contributed by atoms with E-state index >= 15 is 0 Å². The van der Waals surface area contributed by atoms with Gasteiger partial charge in [0.05, 0.1) is 0 Å². The zero-order valence-electron chi connectivity index (χ0n) is 9.02. The van der Waals surface area contributed by atoms with Crippen LogP contribution >= 0.6 is 0 Å². The molecule has 0 bridgehead atoms. The van der Waals surface area contributed by atoms with Gasteiger partial charge >= 0.3 is 0 Å². The lowest BCUT2D eigenvalue weighted by Crippen LogP contribution is -2.14. The monoisotopic (exact) mass is 191 g/mol. The van der Waals surface area contributed by atoms with Crippen LogP contribution in [0, 0.1) is 17.8 Å². The third-order valence-corrected chi connectivity index (χ3v) is 3.53. The Morgan fingerprint density at radius 1 is 1.43 bits per heavy atom. The summed E-state index contributed by atoms with van der Waals surface area (Å²) < 4.78 is 0. The van der Waals surface area contributed by atoms with Crippen molar-refractivity contribution in [1.29, 1.82) is 0 Å². The minimum absolute atomic E-state index is 0.387. The van der Waals surface area contributed by atoms with Gasteiger partial charge in [0.25, 0.3) is 0 Å². The molecule has 0 aromatic carbocycles. The van der Waals surface area contributed by atoms with Crippen molar-refractivity contribution in [2.45, 2.75) is 38.6 Å². The highest BCUT2D eigenvalue weighted by Gasteiger charge is 2.40. The lowest BCUT2D eigenvalue weighted by atomic mass is 9.93. The van der Waals surface area contributed by atoms with E-state index in [1.807, 2.05) is 0 Å². The van der Waals surface area contributed by atoms with Gasteiger partial charge in [0.1, 0.15) is 0 Å². The maximum absolute atomic E-state index is 5.77. The van der Waals surface area contributed by atoms with Gasteiger partial charge in [0.15, 0.2) is 0 Å². The number of allylic oxidation sites excluding steroid dienone is 4. The van der Waals surface area contributed by atoms with E-state index in [0.717, 1.165) is 17.8 Å². The first-order chi connectivity index (χ1) is 6.77. The second-order valence-electron chi connectivity index (χ2n) is 4.93. The number of rotatable bonds is 4. The van der Waals surface area contributed by atoms with Gasteiger partial charge in [-0.1, -0.05) is 24.3 Å². The number of hydrogen-bond acceptors (Lipinski definition) is 1. The van der Waals surface area contributed by atoms with Crippen molar-refractivity contribution in [2.75, 3.05) is 0 Å². The molecule has 0 amide bonds. The first kappa shape index (κ1) is 9.97. The van der Waals surface area contributed by atoms with E-state index in [4.69, 9.17) is 5.73 Å². The van der Waals surface area contributed by atoms with Gasteiger partial charge in [-0.15, -0.1) is 0 Å². The smallest absolute Gasteiger partial charge is 0.00105 e. The summed E-state index contributed by atoms with van der Waals surface area (Å²) in [6.07, 6.45) is 14.3. The molecule has 0 heterocycles. The molecule has 1 heteroatoms. The Bertz CT molecular complexity index is 240. The Labute approximate surface area is 87.1 Å². The Balaban J connectivity index is 1.71. The molecule has 4 atom stereocenters. The van der Waals surface area contributed by atoms with Crippen molar-refractivity contribution in [3.05, 3.63) is 24.3 Å². The third-order valence-electron chi connectivity index (χ3n) is 3.53. The molecule has 1 saturated carbocycles. The fraction of sp³-hybridized carbons (Fsp3) is 0.692. The van der Waals surface area contributed by atoms with Crippen LogP contribution in [0.25, 0.3) is 0 Å². The molecule has 0 aromatic heterocycles. The topological polar surface area (TPSA) is 26.0 Å². The van der Waals surface area contributed by atoms with Crippen molar-refractivity contribution >= 4 is 0 Å². The average molecular weight is 191 g/mol. The van der Waals surface area contributed by atoms with E-state index in [9.17, 15) is 0 Å². The van der Waals surface area contributed by atoms with Crippen molar-refractivity contribution in [1.82, 2.24) is 0 Å². The highest BCUT2D eigenvalue weighted by molar-refractivity contribution is 5.14. The number of hydrogen-bond donors (Lipinski definition) is 1. The lowest BCUT2D eigenvalue weighted by molar-refractivity contribution is 0.489. The van der Waals surface area contributed by atoms with Gasteiger partial charge in [0, 0.05) is 6.04 Å². The first-order valence-electron chi connectivity index (χ1n) is 5.86. The second kappa shape index (κ2) is 4.31. The third kappa shape index (κ3) is 2.48. The zero-order valence-corrected chi connectivity index (χ0v) is 9.02. The largest absolute Gasteiger partial charge is 0.328 e. The van der Waals surface area contributed by atoms with Crippen molar-refractivity contribution < 1.29 is 0 Å². The van der Waals surface area contributed by atoms with E-state index in [-0.39, 0.29) is 0 Å². The SMILES string of the molecule is CC(N)CC[C@H]1C[C@H]1C1C=CC=CC1. The van der Waals surface area contributed by atoms with Gasteiger partial charge in [0.2, 0.25) is 0 Å². The molecule has 1 fully saturated rings. The molecule has 2 aliphatic carbocycles. The summed E-state index contributed by atoms with van der Waals surface area (Å²) in [7, 11) is 0. The van der Waals surface area contributed by atoms with Crippen LogP contribution in [0.2, 0.25) is 0 Å². The molecule has 2 aliphatic rings. The molecular formula is C13H21N. The van der Waals surface area contributed by atoms with Crippen LogP contribution in [0.15, 0.2) is 24.3 Å². The van der Waals surface area contributed by atoms with Crippen molar-refractivity contribution in [3.63, 3.8) is 0 Å². The fourth-order valence-corrected chi connectivity index (χ4v) is 2.52. The average Bonchev–Trinajstić information content (AvgIpc) is 2.95. The van der Waals surface area contributed by atoms with Crippen LogP contribution < -0.4 is 5.73 Å². The van der Waals surface area contributed by atoms with Crippen LogP contribution in [0.3, 0.4) is 0 Å². The van der Waals surface area contributed by atoms with Gasteiger partial charge in [-0.25, -0.2) is 0 Å². The van der Waals surface area contributed by atoms with Crippen LogP contribution in [0.5, 0.6) is 0 Å². The van der Waals surface area contributed by atoms with Crippen molar-refractivity contribution in [3.8, 4) is 0 Å². The molecule has 0 radical (unpaired) electrons. The molecule has 2 rings (SSSR count). The molecule has 78 valence electrons. The quantitative estimate of drug-likeness (QED) is 0.726. The molecule has 0 aromatic rings. The standard InChI is InChI=1S/C13H21N/c1-10(14)7-8-12-9-13(12)11-5-3-2-4-6-11/h2-5,10-13H,6-9,14H2,1H3/t10?,11?,12-,13-/m0/s1. The van der Waals surface area contributed by atoms with Crippen LogP contribution in [-0.2, 0) is 0 Å². The van der Waals surface area contributed by atoms with Crippen molar-refractivity contribution in [2.24, 2.45) is 23.5 Å². The molecule has 0 aliphatic heterocycles. The Kier molecular flexibility index (Phi) is 3.07. The predicted octanol–water partition coefficient (Wildman–Crippen LogP) is 2.88. The lowest BCUT2D eigenvalue weighted by Gasteiger charge is -2.12. The summed E-state index contributed by atoms with van der Waals surface area (Å²) >= 11 is 0. The molecule has 2 unspecified atom stereocenters. The van der Waals surface area contributed by atoms with Gasteiger partial charge in [-0.3, -0.25) is 0 Å². The Morgan fingerprint density at radius 3 is 2.93 bits per heavy atom. The van der Waals surface area contributed by atoms with E-state index in [0.29, 0.717) is 6.04 Å². The number of nitrogens with two attached hydrogens (primary N) is 1. The summed E-state index contributed by atoms with van der Waals surface area (Å²) in [4.78, 5) is 0. The maximum atomic E-state index is 5.77. The minimum atomic E-state index is 0.387. The van der Waals surface area contributed by atoms with E-state index in [2.05, 4.69) is 31.2 Å². The van der Waals surface area contributed by atoms with E-state index in [1.54, 1.807) is 0 Å². The van der Waals surface area contributed by atoms with E-state index in [1.165, 1.54) is 25.7 Å². The van der Waals surface area contributed by atoms with Crippen LogP contribution in [0.4, 0.5) is 0 Å². The normalized spacial score (nSPS) is 37.1. The highest BCUT2D eigenvalue weighted by atomic mass is 14.6. The fourth-order valence-electron chi connectivity index (χ4n) is 2.52. The van der Waals surface area contributed by atoms with Gasteiger partial charge in [-0.2, -0.15) is 0 Å². The van der Waals surface area contributed by atoms with E-state index < -0.39 is 0 Å². The predicted molar refractivity (Wildman–Crippen MR) is 60.9 cm³/mol. The highest BCUT2D eigenvalue weighted by Crippen LogP contribution is 2.49. The maximum Gasteiger partial charge on any atom is 0.00105 e. The molecule has 14 heavy (non-hydrogen) atoms. The van der Waals surface area contributed by atoms with Crippen LogP contribution in [0.1, 0.15) is 32.6 Å². The zero-order chi connectivity index (χ0) is 9.97. The van der Waals surface area contributed by atoms with Gasteiger partial charge < -0.3 is 5.73 Å². The summed E-state index contributed by atoms with van der Waals surface area (Å²) in [5, 5.41) is 0. The summed E-state index contributed by atoms with van der Waals surface area (Å²) in [5.74, 6) is 2.77. The summed E-state index contributed by atoms with van der Waals surface area (Å²) in [5.41, 5.74) is 5.77.